The second-order valence-electron chi connectivity index (χ2n) is 5.99. The Morgan fingerprint density at radius 3 is 2.59 bits per heavy atom. The van der Waals surface area contributed by atoms with Crippen molar-refractivity contribution >= 4 is 18.1 Å². The monoisotopic (exact) mass is 362 g/mol. The molecule has 6 nitrogen and oxygen atoms in total. The minimum absolute atomic E-state index is 0.218. The van der Waals surface area contributed by atoms with E-state index in [0.29, 0.717) is 11.5 Å². The number of hydrazone groups is 1. The molecule has 0 unspecified atom stereocenters. The van der Waals surface area contributed by atoms with Crippen LogP contribution in [0.3, 0.4) is 0 Å². The normalized spacial score (nSPS) is 10.9. The van der Waals surface area contributed by atoms with Gasteiger partial charge >= 0.3 is 5.97 Å². The van der Waals surface area contributed by atoms with Gasteiger partial charge in [-0.25, -0.2) is 10.2 Å². The summed E-state index contributed by atoms with van der Waals surface area (Å²) >= 11 is 0. The van der Waals surface area contributed by atoms with Crippen LogP contribution in [0.5, 0.6) is 0 Å². The molecule has 6 heteroatoms. The molecule has 0 radical (unpaired) electrons. The van der Waals surface area contributed by atoms with Gasteiger partial charge in [-0.2, -0.15) is 5.10 Å². The highest BCUT2D eigenvalue weighted by molar-refractivity contribution is 5.89. The number of carbonyl (C=O) groups excluding carboxylic acids is 1. The zero-order valence-electron chi connectivity index (χ0n) is 14.7. The van der Waals surface area contributed by atoms with Crippen molar-refractivity contribution in [3.05, 3.63) is 83.1 Å². The van der Waals surface area contributed by atoms with Crippen LogP contribution in [0.25, 0.3) is 11.3 Å². The maximum Gasteiger partial charge on any atom is 0.335 e. The molecule has 1 aromatic heterocycles. The summed E-state index contributed by atoms with van der Waals surface area (Å²) in [6.45, 7) is 1.82. The van der Waals surface area contributed by atoms with Crippen LogP contribution >= 0.6 is 0 Å². The Kier molecular flexibility index (Phi) is 5.47. The predicted octanol–water partition coefficient (Wildman–Crippen LogP) is 3.65. The largest absolute Gasteiger partial charge is 0.478 e. The predicted molar refractivity (Wildman–Crippen MR) is 102 cm³/mol. The molecule has 1 amide bonds. The number of carboxylic acid groups (broad SMARTS) is 1. The topological polar surface area (TPSA) is 91.9 Å². The maximum absolute atomic E-state index is 11.9. The van der Waals surface area contributed by atoms with E-state index in [1.54, 1.807) is 24.3 Å². The molecule has 0 bridgehead atoms. The summed E-state index contributed by atoms with van der Waals surface area (Å²) in [5.41, 5.74) is 5.19. The van der Waals surface area contributed by atoms with E-state index < -0.39 is 5.97 Å². The van der Waals surface area contributed by atoms with E-state index in [-0.39, 0.29) is 17.9 Å². The molecule has 0 fully saturated rings. The van der Waals surface area contributed by atoms with Crippen LogP contribution in [-0.2, 0) is 11.2 Å². The third kappa shape index (κ3) is 4.70. The van der Waals surface area contributed by atoms with Gasteiger partial charge in [0.1, 0.15) is 11.5 Å². The molecule has 0 aliphatic rings. The van der Waals surface area contributed by atoms with Crippen molar-refractivity contribution in [2.45, 2.75) is 13.3 Å². The molecule has 1 heterocycles. The fourth-order valence-electron chi connectivity index (χ4n) is 2.63. The van der Waals surface area contributed by atoms with Crippen molar-refractivity contribution in [1.82, 2.24) is 5.43 Å². The van der Waals surface area contributed by atoms with Crippen molar-refractivity contribution < 1.29 is 19.1 Å². The van der Waals surface area contributed by atoms with Gasteiger partial charge in [-0.1, -0.05) is 36.4 Å². The second-order valence-corrected chi connectivity index (χ2v) is 5.99. The zero-order chi connectivity index (χ0) is 19.2. The lowest BCUT2D eigenvalue weighted by Gasteiger charge is -2.03. The summed E-state index contributed by atoms with van der Waals surface area (Å²) in [6.07, 6.45) is 1.67. The fraction of sp³-hybridized carbons (Fsp3) is 0.0952. The van der Waals surface area contributed by atoms with E-state index in [1.807, 2.05) is 37.3 Å². The van der Waals surface area contributed by atoms with E-state index in [4.69, 9.17) is 9.52 Å². The fourth-order valence-corrected chi connectivity index (χ4v) is 2.63. The quantitative estimate of drug-likeness (QED) is 0.517. The standard InChI is InChI=1S/C21H18N2O4/c1-14-11-16(21(25)26)7-9-18(14)19-10-8-17(27-19)13-22-23-20(24)12-15-5-3-2-4-6-15/h2-11,13H,12H2,1H3,(H,23,24)(H,25,26)/b22-13-. The molecule has 0 saturated carbocycles. The first-order valence-corrected chi connectivity index (χ1v) is 8.33. The average molecular weight is 362 g/mol. The summed E-state index contributed by atoms with van der Waals surface area (Å²) in [7, 11) is 0. The van der Waals surface area contributed by atoms with Crippen molar-refractivity contribution in [2.75, 3.05) is 0 Å². The lowest BCUT2D eigenvalue weighted by atomic mass is 10.0. The lowest BCUT2D eigenvalue weighted by Crippen LogP contribution is -2.19. The molecule has 0 saturated heterocycles. The van der Waals surface area contributed by atoms with E-state index >= 15 is 0 Å². The summed E-state index contributed by atoms with van der Waals surface area (Å²) < 4.78 is 5.70. The van der Waals surface area contributed by atoms with E-state index in [1.165, 1.54) is 12.3 Å². The van der Waals surface area contributed by atoms with Gasteiger partial charge in [0.25, 0.3) is 0 Å². The Labute approximate surface area is 156 Å². The highest BCUT2D eigenvalue weighted by Crippen LogP contribution is 2.26. The molecule has 0 aliphatic heterocycles. The third-order valence-electron chi connectivity index (χ3n) is 3.95. The van der Waals surface area contributed by atoms with Gasteiger partial charge in [0.05, 0.1) is 18.2 Å². The summed E-state index contributed by atoms with van der Waals surface area (Å²) in [5, 5.41) is 12.9. The highest BCUT2D eigenvalue weighted by Gasteiger charge is 2.10. The molecule has 2 aromatic carbocycles. The van der Waals surface area contributed by atoms with Crippen molar-refractivity contribution in [1.29, 1.82) is 0 Å². The molecular weight excluding hydrogens is 344 g/mol. The number of carbonyl (C=O) groups is 2. The molecule has 3 rings (SSSR count). The van der Waals surface area contributed by atoms with Crippen LogP contribution in [-0.4, -0.2) is 23.2 Å². The Morgan fingerprint density at radius 2 is 1.89 bits per heavy atom. The molecule has 3 aromatic rings. The van der Waals surface area contributed by atoms with Crippen molar-refractivity contribution in [3.63, 3.8) is 0 Å². The number of aryl methyl sites for hydroxylation is 1. The molecule has 0 spiro atoms. The Balaban J connectivity index is 1.63. The zero-order valence-corrected chi connectivity index (χ0v) is 14.7. The molecule has 0 aliphatic carbocycles. The number of nitrogens with one attached hydrogen (secondary N) is 1. The Bertz CT molecular complexity index is 990. The average Bonchev–Trinajstić information content (AvgIpc) is 3.11. The van der Waals surface area contributed by atoms with Gasteiger partial charge in [-0.05, 0) is 42.3 Å². The Hall–Kier alpha value is -3.67. The lowest BCUT2D eigenvalue weighted by molar-refractivity contribution is -0.120. The summed E-state index contributed by atoms with van der Waals surface area (Å²) in [4.78, 5) is 22.9. The van der Waals surface area contributed by atoms with Crippen LogP contribution in [0.2, 0.25) is 0 Å². The first kappa shape index (κ1) is 18.1. The van der Waals surface area contributed by atoms with Gasteiger partial charge in [0, 0.05) is 5.56 Å². The number of amides is 1. The van der Waals surface area contributed by atoms with Crippen LogP contribution in [0.15, 0.2) is 70.2 Å². The molecule has 136 valence electrons. The first-order chi connectivity index (χ1) is 13.0. The summed E-state index contributed by atoms with van der Waals surface area (Å²) in [5.74, 6) is -0.110. The third-order valence-corrected chi connectivity index (χ3v) is 3.95. The second kappa shape index (κ2) is 8.14. The number of furan rings is 1. The van der Waals surface area contributed by atoms with Gasteiger partial charge in [0.15, 0.2) is 0 Å². The highest BCUT2D eigenvalue weighted by atomic mass is 16.4. The van der Waals surface area contributed by atoms with Gasteiger partial charge in [-0.3, -0.25) is 4.79 Å². The number of hydrogen-bond acceptors (Lipinski definition) is 4. The summed E-state index contributed by atoms with van der Waals surface area (Å²) in [6, 6.07) is 17.7. The van der Waals surface area contributed by atoms with Crippen LogP contribution < -0.4 is 5.43 Å². The number of carboxylic acids is 1. The number of aromatic carboxylic acids is 1. The number of rotatable bonds is 6. The smallest absolute Gasteiger partial charge is 0.335 e. The van der Waals surface area contributed by atoms with Crippen LogP contribution in [0, 0.1) is 6.92 Å². The number of benzene rings is 2. The van der Waals surface area contributed by atoms with Gasteiger partial charge in [-0.15, -0.1) is 0 Å². The van der Waals surface area contributed by atoms with Crippen molar-refractivity contribution in [3.8, 4) is 11.3 Å². The SMILES string of the molecule is Cc1cc(C(=O)O)ccc1-c1ccc(/C=N\NC(=O)Cc2ccccc2)o1. The van der Waals surface area contributed by atoms with E-state index in [9.17, 15) is 9.59 Å². The van der Waals surface area contributed by atoms with Gasteiger partial charge in [0.2, 0.25) is 5.91 Å². The number of hydrogen-bond donors (Lipinski definition) is 2. The van der Waals surface area contributed by atoms with Crippen molar-refractivity contribution in [2.24, 2.45) is 5.10 Å². The maximum atomic E-state index is 11.9. The molecule has 2 N–H and O–H groups in total. The minimum atomic E-state index is -0.969. The molecule has 27 heavy (non-hydrogen) atoms. The Morgan fingerprint density at radius 1 is 1.11 bits per heavy atom. The van der Waals surface area contributed by atoms with Crippen LogP contribution in [0.1, 0.15) is 27.2 Å². The molecule has 0 atom stereocenters. The number of nitrogens with zero attached hydrogens (tertiary/aromatic N) is 1. The molecular formula is C21H18N2O4. The van der Waals surface area contributed by atoms with Gasteiger partial charge < -0.3 is 9.52 Å². The minimum Gasteiger partial charge on any atom is -0.478 e. The first-order valence-electron chi connectivity index (χ1n) is 8.33. The van der Waals surface area contributed by atoms with E-state index in [2.05, 4.69) is 10.5 Å². The van der Waals surface area contributed by atoms with Crippen LogP contribution in [0.4, 0.5) is 0 Å². The van der Waals surface area contributed by atoms with E-state index in [0.717, 1.165) is 16.7 Å².